The maximum Gasteiger partial charge on any atom is 0.272 e. The summed E-state index contributed by atoms with van der Waals surface area (Å²) in [5, 5.41) is 2.56. The lowest BCUT2D eigenvalue weighted by Gasteiger charge is -2.07. The van der Waals surface area contributed by atoms with Crippen molar-refractivity contribution in [2.75, 3.05) is 5.32 Å². The van der Waals surface area contributed by atoms with Gasteiger partial charge in [-0.3, -0.25) is 4.79 Å². The summed E-state index contributed by atoms with van der Waals surface area (Å²) in [4.78, 5) is 11.9. The Bertz CT molecular complexity index is 560. The number of aromatic nitrogens is 1. The molecule has 0 aliphatic heterocycles. The predicted molar refractivity (Wildman–Crippen MR) is 64.5 cm³/mol. The number of hydrogen-bond donors (Lipinski definition) is 1. The summed E-state index contributed by atoms with van der Waals surface area (Å²) in [5.74, 6) is -0.750. The molecule has 0 saturated heterocycles. The van der Waals surface area contributed by atoms with Gasteiger partial charge in [0.25, 0.3) is 5.91 Å². The van der Waals surface area contributed by atoms with E-state index in [1.54, 1.807) is 42.1 Å². The Morgan fingerprint density at radius 2 is 2.12 bits per heavy atom. The van der Waals surface area contributed by atoms with Gasteiger partial charge in [0.2, 0.25) is 0 Å². The zero-order valence-corrected chi connectivity index (χ0v) is 9.70. The number of aryl methyl sites for hydroxylation is 2. The molecule has 88 valence electrons. The first-order valence-electron chi connectivity index (χ1n) is 5.27. The number of benzene rings is 1. The molecule has 0 atom stereocenters. The van der Waals surface area contributed by atoms with Gasteiger partial charge in [0.15, 0.2) is 0 Å². The van der Waals surface area contributed by atoms with Gasteiger partial charge in [0.05, 0.1) is 5.69 Å². The summed E-state index contributed by atoms with van der Waals surface area (Å²) in [6.07, 6.45) is 1.77. The fourth-order valence-corrected chi connectivity index (χ4v) is 1.62. The van der Waals surface area contributed by atoms with Crippen molar-refractivity contribution < 1.29 is 9.18 Å². The lowest BCUT2D eigenvalue weighted by Crippen LogP contribution is -2.16. The highest BCUT2D eigenvalue weighted by atomic mass is 19.1. The van der Waals surface area contributed by atoms with Gasteiger partial charge in [-0.2, -0.15) is 0 Å². The SMILES string of the molecule is Cc1ccc(F)c(NC(=O)c2cccn2C)c1. The largest absolute Gasteiger partial charge is 0.347 e. The molecule has 0 radical (unpaired) electrons. The molecule has 17 heavy (non-hydrogen) atoms. The summed E-state index contributed by atoms with van der Waals surface area (Å²) in [6.45, 7) is 1.84. The second-order valence-corrected chi connectivity index (χ2v) is 3.94. The molecule has 1 aromatic heterocycles. The van der Waals surface area contributed by atoms with E-state index in [2.05, 4.69) is 5.32 Å². The van der Waals surface area contributed by atoms with Gasteiger partial charge < -0.3 is 9.88 Å². The maximum atomic E-state index is 13.5. The van der Waals surface area contributed by atoms with Crippen LogP contribution in [0.1, 0.15) is 16.1 Å². The lowest BCUT2D eigenvalue weighted by molar-refractivity contribution is 0.101. The van der Waals surface area contributed by atoms with Crippen molar-refractivity contribution in [3.05, 3.63) is 53.6 Å². The monoisotopic (exact) mass is 232 g/mol. The molecule has 0 aliphatic rings. The van der Waals surface area contributed by atoms with E-state index in [0.717, 1.165) is 5.56 Å². The summed E-state index contributed by atoms with van der Waals surface area (Å²) >= 11 is 0. The van der Waals surface area contributed by atoms with E-state index in [1.165, 1.54) is 6.07 Å². The van der Waals surface area contributed by atoms with E-state index in [9.17, 15) is 9.18 Å². The highest BCUT2D eigenvalue weighted by molar-refractivity contribution is 6.03. The summed E-state index contributed by atoms with van der Waals surface area (Å²) < 4.78 is 15.1. The van der Waals surface area contributed by atoms with Crippen LogP contribution in [0.2, 0.25) is 0 Å². The average molecular weight is 232 g/mol. The lowest BCUT2D eigenvalue weighted by atomic mass is 10.2. The van der Waals surface area contributed by atoms with Crippen LogP contribution in [0.5, 0.6) is 0 Å². The van der Waals surface area contributed by atoms with Crippen molar-refractivity contribution in [3.8, 4) is 0 Å². The van der Waals surface area contributed by atoms with Crippen molar-refractivity contribution >= 4 is 11.6 Å². The van der Waals surface area contributed by atoms with Gasteiger partial charge in [-0.25, -0.2) is 4.39 Å². The second kappa shape index (κ2) is 4.41. The molecule has 0 bridgehead atoms. The molecule has 2 rings (SSSR count). The Kier molecular flexibility index (Phi) is 2.95. The van der Waals surface area contributed by atoms with E-state index in [-0.39, 0.29) is 11.6 Å². The first-order chi connectivity index (χ1) is 8.08. The standard InChI is InChI=1S/C13H13FN2O/c1-9-5-6-10(14)11(8-9)15-13(17)12-4-3-7-16(12)2/h3-8H,1-2H3,(H,15,17). The Hall–Kier alpha value is -2.10. The Morgan fingerprint density at radius 3 is 2.76 bits per heavy atom. The number of carbonyl (C=O) groups excluding carboxylic acids is 1. The topological polar surface area (TPSA) is 34.0 Å². The molecule has 0 fully saturated rings. The zero-order chi connectivity index (χ0) is 12.4. The Labute approximate surface area is 98.9 Å². The van der Waals surface area contributed by atoms with Gasteiger partial charge in [0.1, 0.15) is 11.5 Å². The van der Waals surface area contributed by atoms with Gasteiger partial charge in [-0.05, 0) is 36.8 Å². The minimum absolute atomic E-state index is 0.205. The number of rotatable bonds is 2. The number of amides is 1. The van der Waals surface area contributed by atoms with Crippen molar-refractivity contribution in [1.29, 1.82) is 0 Å². The number of halogens is 1. The molecule has 0 aliphatic carbocycles. The van der Waals surface area contributed by atoms with Crippen LogP contribution < -0.4 is 5.32 Å². The normalized spacial score (nSPS) is 10.3. The fraction of sp³-hybridized carbons (Fsp3) is 0.154. The van der Waals surface area contributed by atoms with E-state index < -0.39 is 5.82 Å². The maximum absolute atomic E-state index is 13.5. The molecule has 3 nitrogen and oxygen atoms in total. The van der Waals surface area contributed by atoms with Crippen molar-refractivity contribution in [1.82, 2.24) is 4.57 Å². The fourth-order valence-electron chi connectivity index (χ4n) is 1.62. The van der Waals surface area contributed by atoms with Gasteiger partial charge >= 0.3 is 0 Å². The molecule has 4 heteroatoms. The van der Waals surface area contributed by atoms with Crippen LogP contribution in [0.15, 0.2) is 36.5 Å². The third-order valence-corrected chi connectivity index (χ3v) is 2.55. The van der Waals surface area contributed by atoms with Gasteiger partial charge in [0, 0.05) is 13.2 Å². The zero-order valence-electron chi connectivity index (χ0n) is 9.70. The number of nitrogens with one attached hydrogen (secondary N) is 1. The summed E-state index contributed by atoms with van der Waals surface area (Å²) in [5.41, 5.74) is 1.59. The first-order valence-corrected chi connectivity index (χ1v) is 5.27. The number of anilines is 1. The summed E-state index contributed by atoms with van der Waals surface area (Å²) in [7, 11) is 1.77. The van der Waals surface area contributed by atoms with E-state index in [1.807, 2.05) is 6.92 Å². The van der Waals surface area contributed by atoms with E-state index in [4.69, 9.17) is 0 Å². The van der Waals surface area contributed by atoms with Crippen LogP contribution in [-0.4, -0.2) is 10.5 Å². The molecular weight excluding hydrogens is 219 g/mol. The van der Waals surface area contributed by atoms with Crippen molar-refractivity contribution in [2.45, 2.75) is 6.92 Å². The third-order valence-electron chi connectivity index (χ3n) is 2.55. The van der Waals surface area contributed by atoms with Crippen LogP contribution in [0.3, 0.4) is 0 Å². The molecule has 0 spiro atoms. The molecule has 1 heterocycles. The molecule has 2 aromatic rings. The predicted octanol–water partition coefficient (Wildman–Crippen LogP) is 2.72. The van der Waals surface area contributed by atoms with E-state index in [0.29, 0.717) is 5.69 Å². The highest BCUT2D eigenvalue weighted by Crippen LogP contribution is 2.16. The molecule has 0 saturated carbocycles. The quantitative estimate of drug-likeness (QED) is 0.848. The Balaban J connectivity index is 2.24. The van der Waals surface area contributed by atoms with Gasteiger partial charge in [-0.1, -0.05) is 6.07 Å². The van der Waals surface area contributed by atoms with Crippen LogP contribution in [0.4, 0.5) is 10.1 Å². The van der Waals surface area contributed by atoms with Crippen molar-refractivity contribution in [3.63, 3.8) is 0 Å². The molecule has 0 unspecified atom stereocenters. The average Bonchev–Trinajstić information content (AvgIpc) is 2.70. The second-order valence-electron chi connectivity index (χ2n) is 3.94. The van der Waals surface area contributed by atoms with Crippen LogP contribution in [-0.2, 0) is 7.05 Å². The Morgan fingerprint density at radius 1 is 1.35 bits per heavy atom. The number of hydrogen-bond acceptors (Lipinski definition) is 1. The van der Waals surface area contributed by atoms with Crippen LogP contribution in [0, 0.1) is 12.7 Å². The first kappa shape index (κ1) is 11.4. The van der Waals surface area contributed by atoms with Crippen LogP contribution in [0.25, 0.3) is 0 Å². The van der Waals surface area contributed by atoms with Gasteiger partial charge in [-0.15, -0.1) is 0 Å². The number of nitrogens with zero attached hydrogens (tertiary/aromatic N) is 1. The third kappa shape index (κ3) is 2.36. The highest BCUT2D eigenvalue weighted by Gasteiger charge is 2.11. The van der Waals surface area contributed by atoms with Crippen molar-refractivity contribution in [2.24, 2.45) is 7.05 Å². The molecule has 1 N–H and O–H groups in total. The molecular formula is C13H13FN2O. The smallest absolute Gasteiger partial charge is 0.272 e. The molecule has 1 aromatic carbocycles. The minimum atomic E-state index is -0.432. The minimum Gasteiger partial charge on any atom is -0.347 e. The number of carbonyl (C=O) groups is 1. The molecule has 1 amide bonds. The van der Waals surface area contributed by atoms with E-state index >= 15 is 0 Å². The summed E-state index contributed by atoms with van der Waals surface area (Å²) in [6, 6.07) is 8.06. The van der Waals surface area contributed by atoms with Crippen LogP contribution >= 0.6 is 0 Å².